The van der Waals surface area contributed by atoms with Crippen LogP contribution in [0.3, 0.4) is 0 Å². The third kappa shape index (κ3) is 2.31. The lowest BCUT2D eigenvalue weighted by molar-refractivity contribution is -0.140. The lowest BCUT2D eigenvalue weighted by Gasteiger charge is -2.34. The molecule has 1 aliphatic heterocycles. The molecule has 17 heavy (non-hydrogen) atoms. The van der Waals surface area contributed by atoms with E-state index < -0.39 is 5.54 Å². The highest BCUT2D eigenvalue weighted by atomic mass is 16.2. The number of amides is 2. The zero-order chi connectivity index (χ0) is 12.5. The maximum atomic E-state index is 12.5. The molecule has 0 spiro atoms. The fraction of sp³-hybridized carbons (Fsp3) is 0.846. The van der Waals surface area contributed by atoms with Gasteiger partial charge in [-0.1, -0.05) is 19.8 Å². The van der Waals surface area contributed by atoms with Gasteiger partial charge in [0, 0.05) is 19.0 Å². The van der Waals surface area contributed by atoms with Gasteiger partial charge in [-0.15, -0.1) is 0 Å². The summed E-state index contributed by atoms with van der Waals surface area (Å²) in [4.78, 5) is 26.2. The summed E-state index contributed by atoms with van der Waals surface area (Å²) in [7, 11) is 0. The van der Waals surface area contributed by atoms with Crippen LogP contribution < -0.4 is 5.32 Å². The van der Waals surface area contributed by atoms with Gasteiger partial charge in [0.2, 0.25) is 11.8 Å². The zero-order valence-electron chi connectivity index (χ0n) is 10.8. The predicted octanol–water partition coefficient (Wildman–Crippen LogP) is 1.45. The maximum absolute atomic E-state index is 12.5. The third-order valence-corrected chi connectivity index (χ3v) is 4.20. The average molecular weight is 238 g/mol. The first kappa shape index (κ1) is 12.4. The van der Waals surface area contributed by atoms with Gasteiger partial charge in [0.1, 0.15) is 5.54 Å². The van der Waals surface area contributed by atoms with Crippen molar-refractivity contribution in [3.8, 4) is 0 Å². The van der Waals surface area contributed by atoms with Gasteiger partial charge in [-0.2, -0.15) is 0 Å². The molecule has 2 fully saturated rings. The van der Waals surface area contributed by atoms with Crippen molar-refractivity contribution >= 4 is 11.8 Å². The Hall–Kier alpha value is -1.06. The minimum absolute atomic E-state index is 0.00296. The molecule has 1 aliphatic carbocycles. The first-order valence-corrected chi connectivity index (χ1v) is 6.69. The second-order valence-corrected chi connectivity index (χ2v) is 5.42. The van der Waals surface area contributed by atoms with Crippen LogP contribution in [0.5, 0.6) is 0 Å². The highest BCUT2D eigenvalue weighted by Gasteiger charge is 2.41. The van der Waals surface area contributed by atoms with Crippen LogP contribution in [0.1, 0.15) is 52.4 Å². The molecule has 1 atom stereocenters. The van der Waals surface area contributed by atoms with Gasteiger partial charge in [-0.25, -0.2) is 0 Å². The average Bonchev–Trinajstić information content (AvgIpc) is 2.79. The summed E-state index contributed by atoms with van der Waals surface area (Å²) in [6, 6.07) is 0.362. The van der Waals surface area contributed by atoms with Crippen molar-refractivity contribution in [1.82, 2.24) is 10.2 Å². The minimum atomic E-state index is -0.698. The van der Waals surface area contributed by atoms with E-state index in [4.69, 9.17) is 0 Å². The molecular formula is C13H22N2O2. The molecule has 4 nitrogen and oxygen atoms in total. The van der Waals surface area contributed by atoms with E-state index in [0.717, 1.165) is 12.8 Å². The number of carbonyl (C=O) groups excluding carboxylic acids is 2. The van der Waals surface area contributed by atoms with Crippen LogP contribution in [0.2, 0.25) is 0 Å². The second-order valence-electron chi connectivity index (χ2n) is 5.42. The van der Waals surface area contributed by atoms with Crippen molar-refractivity contribution in [3.63, 3.8) is 0 Å². The van der Waals surface area contributed by atoms with E-state index in [1.807, 2.05) is 18.7 Å². The Balaban J connectivity index is 2.20. The van der Waals surface area contributed by atoms with Gasteiger partial charge in [-0.3, -0.25) is 9.59 Å². The summed E-state index contributed by atoms with van der Waals surface area (Å²) in [5.41, 5.74) is -0.698. The van der Waals surface area contributed by atoms with Gasteiger partial charge in [0.25, 0.3) is 0 Å². The Morgan fingerprint density at radius 1 is 1.35 bits per heavy atom. The Labute approximate surface area is 103 Å². The number of rotatable bonds is 2. The summed E-state index contributed by atoms with van der Waals surface area (Å²) in [5.74, 6) is 0.112. The maximum Gasteiger partial charge on any atom is 0.248 e. The van der Waals surface area contributed by atoms with Gasteiger partial charge in [-0.05, 0) is 26.2 Å². The summed E-state index contributed by atoms with van der Waals surface area (Å²) in [5, 5.41) is 2.88. The second kappa shape index (κ2) is 4.67. The van der Waals surface area contributed by atoms with Crippen molar-refractivity contribution in [2.75, 3.05) is 6.54 Å². The van der Waals surface area contributed by atoms with Gasteiger partial charge >= 0.3 is 0 Å². The van der Waals surface area contributed by atoms with E-state index in [-0.39, 0.29) is 11.8 Å². The standard InChI is InChI=1S/C13H22N2O2/c1-3-13(2)12(17)15(9-8-11(16)14-13)10-6-4-5-7-10/h10H,3-9H2,1-2H3,(H,14,16). The Morgan fingerprint density at radius 2 is 2.00 bits per heavy atom. The van der Waals surface area contributed by atoms with Gasteiger partial charge in [0.05, 0.1) is 0 Å². The van der Waals surface area contributed by atoms with Crippen LogP contribution in [0, 0.1) is 0 Å². The van der Waals surface area contributed by atoms with E-state index in [1.165, 1.54) is 12.8 Å². The van der Waals surface area contributed by atoms with Crippen molar-refractivity contribution in [1.29, 1.82) is 0 Å². The largest absolute Gasteiger partial charge is 0.342 e. The minimum Gasteiger partial charge on any atom is -0.342 e. The van der Waals surface area contributed by atoms with Crippen molar-refractivity contribution in [2.45, 2.75) is 64.0 Å². The number of hydrogen-bond acceptors (Lipinski definition) is 2. The molecule has 1 saturated carbocycles. The van der Waals surface area contributed by atoms with Crippen LogP contribution in [0.4, 0.5) is 0 Å². The summed E-state index contributed by atoms with van der Waals surface area (Å²) < 4.78 is 0. The Kier molecular flexibility index (Phi) is 3.40. The van der Waals surface area contributed by atoms with E-state index >= 15 is 0 Å². The van der Waals surface area contributed by atoms with Crippen LogP contribution in [-0.4, -0.2) is 34.8 Å². The smallest absolute Gasteiger partial charge is 0.248 e. The van der Waals surface area contributed by atoms with Crippen molar-refractivity contribution < 1.29 is 9.59 Å². The first-order valence-electron chi connectivity index (χ1n) is 6.69. The first-order chi connectivity index (χ1) is 8.07. The lowest BCUT2D eigenvalue weighted by Crippen LogP contribution is -2.56. The number of carbonyl (C=O) groups is 2. The number of hydrogen-bond donors (Lipinski definition) is 1. The van der Waals surface area contributed by atoms with E-state index in [0.29, 0.717) is 25.4 Å². The van der Waals surface area contributed by atoms with Crippen molar-refractivity contribution in [3.05, 3.63) is 0 Å². The molecule has 1 N–H and O–H groups in total. The molecule has 1 unspecified atom stereocenters. The zero-order valence-corrected chi connectivity index (χ0v) is 10.8. The van der Waals surface area contributed by atoms with Crippen LogP contribution in [0.25, 0.3) is 0 Å². The third-order valence-electron chi connectivity index (χ3n) is 4.20. The molecule has 2 aliphatic rings. The topological polar surface area (TPSA) is 49.4 Å². The van der Waals surface area contributed by atoms with E-state index in [9.17, 15) is 9.59 Å². The van der Waals surface area contributed by atoms with Crippen LogP contribution in [0.15, 0.2) is 0 Å². The molecule has 1 heterocycles. The molecule has 0 radical (unpaired) electrons. The summed E-state index contributed by atoms with van der Waals surface area (Å²) >= 11 is 0. The van der Waals surface area contributed by atoms with Crippen LogP contribution in [-0.2, 0) is 9.59 Å². The molecule has 0 aromatic carbocycles. The Bertz CT molecular complexity index is 323. The molecule has 2 rings (SSSR count). The molecule has 1 saturated heterocycles. The summed E-state index contributed by atoms with van der Waals surface area (Å²) in [6.07, 6.45) is 5.70. The lowest BCUT2D eigenvalue weighted by atomic mass is 9.96. The van der Waals surface area contributed by atoms with Gasteiger partial charge in [0.15, 0.2) is 0 Å². The van der Waals surface area contributed by atoms with Crippen molar-refractivity contribution in [2.24, 2.45) is 0 Å². The predicted molar refractivity (Wildman–Crippen MR) is 65.4 cm³/mol. The molecule has 0 bridgehead atoms. The fourth-order valence-electron chi connectivity index (χ4n) is 2.87. The SMILES string of the molecule is CCC1(C)NC(=O)CCN(C2CCCC2)C1=O. The van der Waals surface area contributed by atoms with Crippen LogP contribution >= 0.6 is 0 Å². The normalized spacial score (nSPS) is 31.5. The molecule has 2 amide bonds. The number of nitrogens with one attached hydrogen (secondary N) is 1. The highest BCUT2D eigenvalue weighted by molar-refractivity contribution is 5.93. The fourth-order valence-corrected chi connectivity index (χ4v) is 2.87. The van der Waals surface area contributed by atoms with E-state index in [2.05, 4.69) is 5.32 Å². The molecule has 4 heteroatoms. The molecule has 96 valence electrons. The Morgan fingerprint density at radius 3 is 2.59 bits per heavy atom. The van der Waals surface area contributed by atoms with Gasteiger partial charge < -0.3 is 10.2 Å². The monoisotopic (exact) mass is 238 g/mol. The number of nitrogens with zero attached hydrogens (tertiary/aromatic N) is 1. The van der Waals surface area contributed by atoms with E-state index in [1.54, 1.807) is 0 Å². The highest BCUT2D eigenvalue weighted by Crippen LogP contribution is 2.28. The molecule has 0 aromatic rings. The quantitative estimate of drug-likeness (QED) is 0.791. The molecular weight excluding hydrogens is 216 g/mol. The summed E-state index contributed by atoms with van der Waals surface area (Å²) in [6.45, 7) is 4.39. The molecule has 0 aromatic heterocycles.